The minimum Gasteiger partial charge on any atom is -0.469 e. The maximum atomic E-state index is 12.9. The summed E-state index contributed by atoms with van der Waals surface area (Å²) >= 11 is 0. The van der Waals surface area contributed by atoms with Crippen LogP contribution in [0.3, 0.4) is 0 Å². The molecule has 2 heterocycles. The molecule has 0 radical (unpaired) electrons. The van der Waals surface area contributed by atoms with Gasteiger partial charge in [0.2, 0.25) is 0 Å². The van der Waals surface area contributed by atoms with Crippen molar-refractivity contribution in [1.82, 2.24) is 4.90 Å². The summed E-state index contributed by atoms with van der Waals surface area (Å²) in [4.78, 5) is 27.3. The standard InChI is InChI=1S/C27H31NO6/c1-32-24(29)26(12-16-33-17-13-26)27(31)10-14-28(15-11-27)25(30)34-18-23-21-8-4-2-6-19(21)20-7-3-5-9-22(20)23/h2-9,23,31H,10-18H2,1H3. The first-order valence-electron chi connectivity index (χ1n) is 12.0. The molecule has 0 atom stereocenters. The number of carbonyl (C=O) groups is 2. The van der Waals surface area contributed by atoms with Crippen molar-refractivity contribution in [2.45, 2.75) is 37.2 Å². The van der Waals surface area contributed by atoms with Crippen molar-refractivity contribution in [2.75, 3.05) is 40.0 Å². The molecule has 180 valence electrons. The van der Waals surface area contributed by atoms with E-state index in [1.807, 2.05) is 24.3 Å². The molecule has 1 aliphatic carbocycles. The van der Waals surface area contributed by atoms with Crippen molar-refractivity contribution in [1.29, 1.82) is 0 Å². The smallest absolute Gasteiger partial charge is 0.409 e. The third kappa shape index (κ3) is 3.67. The number of fused-ring (bicyclic) bond motifs is 3. The fraction of sp³-hybridized carbons (Fsp3) is 0.481. The largest absolute Gasteiger partial charge is 0.469 e. The molecule has 1 N–H and O–H groups in total. The molecule has 2 fully saturated rings. The van der Waals surface area contributed by atoms with E-state index in [1.165, 1.54) is 29.4 Å². The number of benzene rings is 2. The summed E-state index contributed by atoms with van der Waals surface area (Å²) in [5.41, 5.74) is 2.49. The first-order chi connectivity index (χ1) is 16.5. The molecular formula is C27H31NO6. The van der Waals surface area contributed by atoms with E-state index >= 15 is 0 Å². The van der Waals surface area contributed by atoms with Gasteiger partial charge in [0, 0.05) is 32.2 Å². The molecule has 0 spiro atoms. The highest BCUT2D eigenvalue weighted by molar-refractivity contribution is 5.80. The normalized spacial score (nSPS) is 20.8. The number of carbonyl (C=O) groups excluding carboxylic acids is 2. The molecule has 34 heavy (non-hydrogen) atoms. The maximum Gasteiger partial charge on any atom is 0.409 e. The number of ether oxygens (including phenoxy) is 3. The molecule has 7 nitrogen and oxygen atoms in total. The van der Waals surface area contributed by atoms with Crippen LogP contribution >= 0.6 is 0 Å². The molecule has 2 saturated heterocycles. The number of hydrogen-bond donors (Lipinski definition) is 1. The number of methoxy groups -OCH3 is 1. The second-order valence-corrected chi connectivity index (χ2v) is 9.51. The van der Waals surface area contributed by atoms with Gasteiger partial charge in [-0.25, -0.2) is 4.79 Å². The molecule has 3 aliphatic rings. The van der Waals surface area contributed by atoms with Gasteiger partial charge in [-0.2, -0.15) is 0 Å². The van der Waals surface area contributed by atoms with Crippen LogP contribution in [0.15, 0.2) is 48.5 Å². The van der Waals surface area contributed by atoms with Gasteiger partial charge in [-0.15, -0.1) is 0 Å². The number of piperidine rings is 1. The number of likely N-dealkylation sites (tertiary alicyclic amines) is 1. The lowest BCUT2D eigenvalue weighted by Crippen LogP contribution is -2.61. The maximum absolute atomic E-state index is 12.9. The SMILES string of the molecule is COC(=O)C1(C2(O)CCN(C(=O)OCC3c4ccccc4-c4ccccc43)CC2)CCOCC1. The summed E-state index contributed by atoms with van der Waals surface area (Å²) in [6.07, 6.45) is 1.05. The highest BCUT2D eigenvalue weighted by Crippen LogP contribution is 2.48. The van der Waals surface area contributed by atoms with Gasteiger partial charge in [-0.3, -0.25) is 4.79 Å². The second-order valence-electron chi connectivity index (χ2n) is 9.51. The summed E-state index contributed by atoms with van der Waals surface area (Å²) in [6.45, 7) is 1.73. The lowest BCUT2D eigenvalue weighted by atomic mass is 9.63. The minimum atomic E-state index is -1.23. The van der Waals surface area contributed by atoms with Crippen molar-refractivity contribution in [3.63, 3.8) is 0 Å². The zero-order valence-corrected chi connectivity index (χ0v) is 19.5. The molecule has 0 aromatic heterocycles. The fourth-order valence-corrected chi connectivity index (χ4v) is 6.00. The Bertz CT molecular complexity index is 1020. The van der Waals surface area contributed by atoms with E-state index < -0.39 is 17.0 Å². The minimum absolute atomic E-state index is 0.00269. The first kappa shape index (κ1) is 22.9. The average molecular weight is 466 g/mol. The van der Waals surface area contributed by atoms with Crippen LogP contribution in [-0.2, 0) is 19.0 Å². The van der Waals surface area contributed by atoms with Gasteiger partial charge in [-0.1, -0.05) is 48.5 Å². The Labute approximate surface area is 199 Å². The highest BCUT2D eigenvalue weighted by Gasteiger charge is 2.58. The van der Waals surface area contributed by atoms with Gasteiger partial charge in [0.25, 0.3) is 0 Å². The zero-order valence-electron chi connectivity index (χ0n) is 19.5. The molecule has 0 unspecified atom stereocenters. The predicted octanol–water partition coefficient (Wildman–Crippen LogP) is 3.73. The quantitative estimate of drug-likeness (QED) is 0.693. The molecule has 5 rings (SSSR count). The van der Waals surface area contributed by atoms with Crippen LogP contribution in [0.2, 0.25) is 0 Å². The van der Waals surface area contributed by atoms with Crippen LogP contribution in [0.1, 0.15) is 42.7 Å². The van der Waals surface area contributed by atoms with Crippen LogP contribution in [0.4, 0.5) is 4.79 Å². The summed E-state index contributed by atoms with van der Waals surface area (Å²) in [5.74, 6) is -0.393. The van der Waals surface area contributed by atoms with Gasteiger partial charge < -0.3 is 24.2 Å². The Hall–Kier alpha value is -2.90. The van der Waals surface area contributed by atoms with Crippen molar-refractivity contribution in [2.24, 2.45) is 5.41 Å². The van der Waals surface area contributed by atoms with Crippen LogP contribution in [0, 0.1) is 5.41 Å². The summed E-state index contributed by atoms with van der Waals surface area (Å²) in [6, 6.07) is 16.5. The third-order valence-electron chi connectivity index (χ3n) is 8.00. The molecular weight excluding hydrogens is 434 g/mol. The van der Waals surface area contributed by atoms with Gasteiger partial charge in [-0.05, 0) is 47.9 Å². The third-order valence-corrected chi connectivity index (χ3v) is 8.00. The van der Waals surface area contributed by atoms with Gasteiger partial charge in [0.05, 0.1) is 12.7 Å². The van der Waals surface area contributed by atoms with Crippen LogP contribution in [0.5, 0.6) is 0 Å². The second kappa shape index (κ2) is 9.04. The fourth-order valence-electron chi connectivity index (χ4n) is 6.00. The van der Waals surface area contributed by atoms with E-state index in [0.29, 0.717) is 52.0 Å². The number of rotatable bonds is 4. The van der Waals surface area contributed by atoms with Crippen LogP contribution in [0.25, 0.3) is 11.1 Å². The Morgan fingerprint density at radius 3 is 2.09 bits per heavy atom. The lowest BCUT2D eigenvalue weighted by molar-refractivity contribution is -0.195. The lowest BCUT2D eigenvalue weighted by Gasteiger charge is -2.50. The molecule has 2 aromatic carbocycles. The molecule has 1 amide bonds. The number of aliphatic hydroxyl groups is 1. The van der Waals surface area contributed by atoms with Crippen molar-refractivity contribution in [3.05, 3.63) is 59.7 Å². The number of hydrogen-bond acceptors (Lipinski definition) is 6. The van der Waals surface area contributed by atoms with E-state index in [-0.39, 0.29) is 18.6 Å². The zero-order chi connectivity index (χ0) is 23.8. The summed E-state index contributed by atoms with van der Waals surface area (Å²) < 4.78 is 16.3. The van der Waals surface area contributed by atoms with E-state index in [1.54, 1.807) is 4.90 Å². The molecule has 7 heteroatoms. The molecule has 0 bridgehead atoms. The number of amides is 1. The van der Waals surface area contributed by atoms with E-state index in [9.17, 15) is 14.7 Å². The predicted molar refractivity (Wildman–Crippen MR) is 125 cm³/mol. The Kier molecular flexibility index (Phi) is 6.08. The highest BCUT2D eigenvalue weighted by atomic mass is 16.6. The number of esters is 1. The van der Waals surface area contributed by atoms with E-state index in [0.717, 1.165) is 0 Å². The Morgan fingerprint density at radius 1 is 0.971 bits per heavy atom. The van der Waals surface area contributed by atoms with Crippen molar-refractivity contribution in [3.8, 4) is 11.1 Å². The van der Waals surface area contributed by atoms with Gasteiger partial charge in [0.15, 0.2) is 0 Å². The number of nitrogens with zero attached hydrogens (tertiary/aromatic N) is 1. The van der Waals surface area contributed by atoms with Gasteiger partial charge in [0.1, 0.15) is 12.0 Å². The molecule has 0 saturated carbocycles. The summed E-state index contributed by atoms with van der Waals surface area (Å²) in [7, 11) is 1.36. The Morgan fingerprint density at radius 2 is 1.53 bits per heavy atom. The molecule has 2 aromatic rings. The molecule has 2 aliphatic heterocycles. The topological polar surface area (TPSA) is 85.3 Å². The van der Waals surface area contributed by atoms with E-state index in [4.69, 9.17) is 14.2 Å². The van der Waals surface area contributed by atoms with Crippen LogP contribution in [-0.4, -0.2) is 67.7 Å². The monoisotopic (exact) mass is 465 g/mol. The Balaban J connectivity index is 1.24. The van der Waals surface area contributed by atoms with Crippen molar-refractivity contribution >= 4 is 12.1 Å². The summed E-state index contributed by atoms with van der Waals surface area (Å²) in [5, 5.41) is 11.5. The van der Waals surface area contributed by atoms with Crippen LogP contribution < -0.4 is 0 Å². The first-order valence-corrected chi connectivity index (χ1v) is 12.0. The van der Waals surface area contributed by atoms with Gasteiger partial charge >= 0.3 is 12.1 Å². The average Bonchev–Trinajstić information content (AvgIpc) is 3.21. The van der Waals surface area contributed by atoms with Crippen molar-refractivity contribution < 1.29 is 28.9 Å². The van der Waals surface area contributed by atoms with E-state index in [2.05, 4.69) is 24.3 Å².